The Labute approximate surface area is 165 Å². The van der Waals surface area contributed by atoms with Crippen molar-refractivity contribution in [2.75, 3.05) is 18.0 Å². The van der Waals surface area contributed by atoms with E-state index in [0.29, 0.717) is 25.9 Å². The average molecular weight is 372 g/mol. The summed E-state index contributed by atoms with van der Waals surface area (Å²) in [5.74, 6) is 0.0884. The smallest absolute Gasteiger partial charge is 0.258 e. The highest BCUT2D eigenvalue weighted by atomic mass is 16.2. The minimum absolute atomic E-state index is 0.0371. The van der Waals surface area contributed by atoms with Crippen LogP contribution in [0.2, 0.25) is 0 Å². The van der Waals surface area contributed by atoms with Crippen molar-refractivity contribution < 1.29 is 9.59 Å². The molecule has 1 aliphatic heterocycles. The van der Waals surface area contributed by atoms with Gasteiger partial charge >= 0.3 is 0 Å². The molecule has 0 bridgehead atoms. The third-order valence-corrected chi connectivity index (χ3v) is 5.24. The molecule has 142 valence electrons. The Balaban J connectivity index is 1.24. The first-order valence-electron chi connectivity index (χ1n) is 9.88. The van der Waals surface area contributed by atoms with Crippen LogP contribution in [-0.2, 0) is 11.2 Å². The van der Waals surface area contributed by atoms with Gasteiger partial charge in [0.2, 0.25) is 5.91 Å². The van der Waals surface area contributed by atoms with Crippen molar-refractivity contribution in [1.29, 1.82) is 0 Å². The summed E-state index contributed by atoms with van der Waals surface area (Å²) in [5.41, 5.74) is 3.01. The van der Waals surface area contributed by atoms with E-state index in [1.165, 1.54) is 5.56 Å². The van der Waals surface area contributed by atoms with Gasteiger partial charge in [-0.25, -0.2) is 0 Å². The molecule has 0 fully saturated rings. The number of hydrogen-bond donors (Lipinski definition) is 1. The van der Waals surface area contributed by atoms with Crippen molar-refractivity contribution in [1.82, 2.24) is 5.32 Å². The number of carbonyl (C=O) groups excluding carboxylic acids is 2. The lowest BCUT2D eigenvalue weighted by Gasteiger charge is -2.17. The van der Waals surface area contributed by atoms with Gasteiger partial charge in [0, 0.05) is 30.5 Å². The Hall–Kier alpha value is -3.14. The Morgan fingerprint density at radius 2 is 1.68 bits per heavy atom. The summed E-state index contributed by atoms with van der Waals surface area (Å²) < 4.78 is 0. The maximum absolute atomic E-state index is 12.7. The zero-order chi connectivity index (χ0) is 19.3. The van der Waals surface area contributed by atoms with Gasteiger partial charge in [-0.15, -0.1) is 0 Å². The molecule has 0 aromatic heterocycles. The summed E-state index contributed by atoms with van der Waals surface area (Å²) in [7, 11) is 0. The molecule has 4 heteroatoms. The molecule has 2 amide bonds. The van der Waals surface area contributed by atoms with E-state index in [2.05, 4.69) is 17.4 Å². The molecule has 0 saturated carbocycles. The maximum Gasteiger partial charge on any atom is 0.258 e. The van der Waals surface area contributed by atoms with E-state index >= 15 is 0 Å². The lowest BCUT2D eigenvalue weighted by atomic mass is 10.1. The van der Waals surface area contributed by atoms with Gasteiger partial charge in [0.05, 0.1) is 5.69 Å². The minimum Gasteiger partial charge on any atom is -0.356 e. The molecule has 0 aliphatic carbocycles. The number of aryl methyl sites for hydroxylation is 1. The first kappa shape index (κ1) is 18.2. The summed E-state index contributed by atoms with van der Waals surface area (Å²) >= 11 is 0. The third-order valence-electron chi connectivity index (χ3n) is 5.24. The Bertz CT molecular complexity index is 993. The van der Waals surface area contributed by atoms with Crippen LogP contribution in [-0.4, -0.2) is 24.9 Å². The van der Waals surface area contributed by atoms with Crippen molar-refractivity contribution in [3.63, 3.8) is 0 Å². The number of hydrogen-bond acceptors (Lipinski definition) is 2. The molecule has 3 aromatic carbocycles. The summed E-state index contributed by atoms with van der Waals surface area (Å²) in [4.78, 5) is 26.6. The van der Waals surface area contributed by atoms with Crippen LogP contribution in [0.5, 0.6) is 0 Å². The van der Waals surface area contributed by atoms with E-state index in [0.717, 1.165) is 34.9 Å². The summed E-state index contributed by atoms with van der Waals surface area (Å²) in [6.07, 6.45) is 2.98. The van der Waals surface area contributed by atoms with E-state index in [9.17, 15) is 9.59 Å². The lowest BCUT2D eigenvalue weighted by Crippen LogP contribution is -2.30. The molecule has 0 atom stereocenters. The minimum atomic E-state index is 0.0371. The number of rotatable bonds is 8. The number of nitrogens with one attached hydrogen (secondary N) is 1. The van der Waals surface area contributed by atoms with Gasteiger partial charge in [0.25, 0.3) is 5.91 Å². The first-order chi connectivity index (χ1) is 13.7. The van der Waals surface area contributed by atoms with Crippen molar-refractivity contribution in [2.24, 2.45) is 0 Å². The Morgan fingerprint density at radius 3 is 2.50 bits per heavy atom. The van der Waals surface area contributed by atoms with Gasteiger partial charge < -0.3 is 10.2 Å². The van der Waals surface area contributed by atoms with Crippen LogP contribution in [0.3, 0.4) is 0 Å². The first-order valence-corrected chi connectivity index (χ1v) is 9.88. The average Bonchev–Trinajstić information content (AvgIpc) is 3.00. The van der Waals surface area contributed by atoms with Crippen LogP contribution >= 0.6 is 0 Å². The molecular formula is C24H24N2O2. The summed E-state index contributed by atoms with van der Waals surface area (Å²) in [6.45, 7) is 1.24. The lowest BCUT2D eigenvalue weighted by molar-refractivity contribution is -0.121. The van der Waals surface area contributed by atoms with Crippen LogP contribution in [0, 0.1) is 0 Å². The molecule has 3 aromatic rings. The fourth-order valence-electron chi connectivity index (χ4n) is 3.85. The largest absolute Gasteiger partial charge is 0.356 e. The SMILES string of the molecule is O=C(CCCN1C(=O)c2cccc3cccc1c23)NCCCc1ccccc1. The van der Waals surface area contributed by atoms with Gasteiger partial charge in [-0.3, -0.25) is 9.59 Å². The van der Waals surface area contributed by atoms with Crippen LogP contribution in [0.4, 0.5) is 5.69 Å². The summed E-state index contributed by atoms with van der Waals surface area (Å²) in [5, 5.41) is 5.10. The van der Waals surface area contributed by atoms with Gasteiger partial charge in [0.1, 0.15) is 0 Å². The van der Waals surface area contributed by atoms with Gasteiger partial charge in [0.15, 0.2) is 0 Å². The third kappa shape index (κ3) is 3.77. The van der Waals surface area contributed by atoms with Crippen LogP contribution in [0.15, 0.2) is 66.7 Å². The predicted octanol–water partition coefficient (Wildman–Crippen LogP) is 4.33. The van der Waals surface area contributed by atoms with Gasteiger partial charge in [-0.2, -0.15) is 0 Å². The highest BCUT2D eigenvalue weighted by Crippen LogP contribution is 2.37. The Morgan fingerprint density at radius 1 is 0.893 bits per heavy atom. The molecule has 0 radical (unpaired) electrons. The number of benzene rings is 3. The molecule has 28 heavy (non-hydrogen) atoms. The molecular weight excluding hydrogens is 348 g/mol. The normalized spacial score (nSPS) is 12.6. The topological polar surface area (TPSA) is 49.4 Å². The monoisotopic (exact) mass is 372 g/mol. The van der Waals surface area contributed by atoms with Gasteiger partial charge in [-0.05, 0) is 42.3 Å². The second-order valence-corrected chi connectivity index (χ2v) is 7.18. The fourth-order valence-corrected chi connectivity index (χ4v) is 3.85. The molecule has 1 heterocycles. The highest BCUT2D eigenvalue weighted by molar-refractivity contribution is 6.25. The number of carbonyl (C=O) groups is 2. The molecule has 0 saturated heterocycles. The van der Waals surface area contributed by atoms with Crippen LogP contribution < -0.4 is 10.2 Å². The van der Waals surface area contributed by atoms with E-state index in [4.69, 9.17) is 0 Å². The van der Waals surface area contributed by atoms with Gasteiger partial charge in [-0.1, -0.05) is 54.6 Å². The van der Waals surface area contributed by atoms with Crippen molar-refractivity contribution in [3.8, 4) is 0 Å². The second kappa shape index (κ2) is 8.26. The molecule has 0 spiro atoms. The predicted molar refractivity (Wildman–Crippen MR) is 113 cm³/mol. The second-order valence-electron chi connectivity index (χ2n) is 7.18. The van der Waals surface area contributed by atoms with Crippen molar-refractivity contribution >= 4 is 28.3 Å². The standard InChI is InChI=1S/C24H24N2O2/c27-22(25-16-6-10-18-8-2-1-3-9-18)15-7-17-26-21-14-5-12-19-11-4-13-20(23(19)21)24(26)28/h1-5,8-9,11-14H,6-7,10,15-17H2,(H,25,27). The van der Waals surface area contributed by atoms with Crippen LogP contribution in [0.25, 0.3) is 10.8 Å². The highest BCUT2D eigenvalue weighted by Gasteiger charge is 2.28. The van der Waals surface area contributed by atoms with E-state index in [1.807, 2.05) is 54.6 Å². The Kier molecular flexibility index (Phi) is 5.38. The van der Waals surface area contributed by atoms with E-state index < -0.39 is 0 Å². The molecule has 0 unspecified atom stereocenters. The number of anilines is 1. The quantitative estimate of drug-likeness (QED) is 0.599. The summed E-state index contributed by atoms with van der Waals surface area (Å²) in [6, 6.07) is 22.1. The number of amides is 2. The zero-order valence-electron chi connectivity index (χ0n) is 15.9. The van der Waals surface area contributed by atoms with Crippen molar-refractivity contribution in [2.45, 2.75) is 25.7 Å². The maximum atomic E-state index is 12.7. The van der Waals surface area contributed by atoms with E-state index in [-0.39, 0.29) is 11.8 Å². The van der Waals surface area contributed by atoms with Crippen LogP contribution in [0.1, 0.15) is 35.2 Å². The molecule has 1 aliphatic rings. The molecule has 4 nitrogen and oxygen atoms in total. The molecule has 4 rings (SSSR count). The zero-order valence-corrected chi connectivity index (χ0v) is 15.9. The molecule has 1 N–H and O–H groups in total. The van der Waals surface area contributed by atoms with Crippen molar-refractivity contribution in [3.05, 3.63) is 77.9 Å². The van der Waals surface area contributed by atoms with E-state index in [1.54, 1.807) is 4.90 Å². The number of nitrogens with zero attached hydrogens (tertiary/aromatic N) is 1. The fraction of sp³-hybridized carbons (Fsp3) is 0.250.